The number of hydrogen-bond acceptors (Lipinski definition) is 3. The third-order valence-electron chi connectivity index (χ3n) is 3.28. The van der Waals surface area contributed by atoms with Gasteiger partial charge in [-0.25, -0.2) is 8.78 Å². The van der Waals surface area contributed by atoms with Crippen LogP contribution in [0.15, 0.2) is 60.8 Å². The molecule has 4 nitrogen and oxygen atoms in total. The number of halogens is 3. The summed E-state index contributed by atoms with van der Waals surface area (Å²) in [5.41, 5.74) is 1.61. The van der Waals surface area contributed by atoms with Gasteiger partial charge in [0.05, 0.1) is 5.02 Å². The molecule has 7 heteroatoms. The number of nitrogens with zero attached hydrogens (tertiary/aromatic N) is 1. The van der Waals surface area contributed by atoms with Gasteiger partial charge in [0.15, 0.2) is 0 Å². The van der Waals surface area contributed by atoms with E-state index in [9.17, 15) is 13.6 Å². The molecule has 1 aromatic heterocycles. The van der Waals surface area contributed by atoms with Crippen molar-refractivity contribution in [2.24, 2.45) is 0 Å². The molecule has 0 saturated carbocycles. The fourth-order valence-electron chi connectivity index (χ4n) is 2.13. The lowest BCUT2D eigenvalue weighted by Gasteiger charge is -2.09. The van der Waals surface area contributed by atoms with Crippen LogP contribution in [-0.2, 0) is 0 Å². The molecule has 126 valence electrons. The van der Waals surface area contributed by atoms with E-state index >= 15 is 0 Å². The quantitative estimate of drug-likeness (QED) is 0.688. The van der Waals surface area contributed by atoms with Crippen LogP contribution in [0.25, 0.3) is 0 Å². The van der Waals surface area contributed by atoms with E-state index in [0.29, 0.717) is 17.1 Å². The van der Waals surface area contributed by atoms with E-state index in [1.807, 2.05) is 0 Å². The van der Waals surface area contributed by atoms with Gasteiger partial charge in [0.25, 0.3) is 5.91 Å². The Kier molecular flexibility index (Phi) is 4.90. The number of benzene rings is 2. The Balaban J connectivity index is 1.76. The second-order valence-corrected chi connectivity index (χ2v) is 5.56. The zero-order chi connectivity index (χ0) is 17.8. The van der Waals surface area contributed by atoms with E-state index in [1.54, 1.807) is 18.2 Å². The van der Waals surface area contributed by atoms with E-state index in [1.165, 1.54) is 36.5 Å². The van der Waals surface area contributed by atoms with Crippen molar-refractivity contribution in [1.29, 1.82) is 0 Å². The number of aromatic nitrogens is 1. The molecule has 0 bridgehead atoms. The number of carbonyl (C=O) groups is 1. The number of rotatable bonds is 4. The second-order valence-electron chi connectivity index (χ2n) is 5.15. The van der Waals surface area contributed by atoms with Gasteiger partial charge in [0, 0.05) is 23.3 Å². The second kappa shape index (κ2) is 7.27. The largest absolute Gasteiger partial charge is 0.355 e. The van der Waals surface area contributed by atoms with Crippen LogP contribution in [0.4, 0.5) is 25.8 Å². The zero-order valence-electron chi connectivity index (χ0n) is 12.8. The Morgan fingerprint density at radius 1 is 0.960 bits per heavy atom. The number of hydrogen-bond donors (Lipinski definition) is 2. The van der Waals surface area contributed by atoms with Crippen molar-refractivity contribution in [3.8, 4) is 0 Å². The molecule has 0 atom stereocenters. The molecule has 0 aliphatic carbocycles. The lowest BCUT2D eigenvalue weighted by molar-refractivity contribution is 0.102. The summed E-state index contributed by atoms with van der Waals surface area (Å²) in [4.78, 5) is 16.3. The highest BCUT2D eigenvalue weighted by molar-refractivity contribution is 6.31. The van der Waals surface area contributed by atoms with Crippen LogP contribution < -0.4 is 10.6 Å². The van der Waals surface area contributed by atoms with Crippen molar-refractivity contribution in [1.82, 2.24) is 4.98 Å². The average Bonchev–Trinajstić information content (AvgIpc) is 2.58. The van der Waals surface area contributed by atoms with E-state index in [0.717, 1.165) is 6.07 Å². The molecular formula is C18H12ClF2N3O. The summed E-state index contributed by atoms with van der Waals surface area (Å²) in [7, 11) is 0. The molecule has 2 aromatic carbocycles. The first-order chi connectivity index (χ1) is 12.0. The third-order valence-corrected chi connectivity index (χ3v) is 3.57. The van der Waals surface area contributed by atoms with Crippen molar-refractivity contribution in [2.45, 2.75) is 0 Å². The maximum atomic E-state index is 13.2. The highest BCUT2D eigenvalue weighted by Gasteiger charge is 2.10. The van der Waals surface area contributed by atoms with Gasteiger partial charge in [-0.05, 0) is 48.5 Å². The van der Waals surface area contributed by atoms with Crippen LogP contribution in [0.1, 0.15) is 10.5 Å². The van der Waals surface area contributed by atoms with Crippen molar-refractivity contribution in [3.63, 3.8) is 0 Å². The van der Waals surface area contributed by atoms with Gasteiger partial charge in [-0.2, -0.15) is 0 Å². The summed E-state index contributed by atoms with van der Waals surface area (Å²) in [6, 6.07) is 13.0. The van der Waals surface area contributed by atoms with Crippen molar-refractivity contribution < 1.29 is 13.6 Å². The number of amides is 1. The molecule has 0 radical (unpaired) electrons. The summed E-state index contributed by atoms with van der Waals surface area (Å²) >= 11 is 5.69. The van der Waals surface area contributed by atoms with Crippen LogP contribution >= 0.6 is 11.6 Å². The van der Waals surface area contributed by atoms with Crippen molar-refractivity contribution >= 4 is 34.6 Å². The van der Waals surface area contributed by atoms with Crippen LogP contribution in [0.2, 0.25) is 5.02 Å². The first-order valence-corrected chi connectivity index (χ1v) is 7.64. The molecule has 0 fully saturated rings. The maximum Gasteiger partial charge on any atom is 0.274 e. The van der Waals surface area contributed by atoms with Gasteiger partial charge in [-0.1, -0.05) is 17.7 Å². The Hall–Kier alpha value is -2.99. The molecule has 3 aromatic rings. The molecule has 0 spiro atoms. The standard InChI is InChI=1S/C18H12ClF2N3O/c19-15-9-13(4-5-16(15)21)24-18(25)17-10-14(6-7-22-17)23-12-3-1-2-11(20)8-12/h1-10H,(H,22,23)(H,24,25). The minimum Gasteiger partial charge on any atom is -0.355 e. The van der Waals surface area contributed by atoms with E-state index in [-0.39, 0.29) is 16.5 Å². The summed E-state index contributed by atoms with van der Waals surface area (Å²) < 4.78 is 26.4. The Morgan fingerprint density at radius 2 is 1.76 bits per heavy atom. The number of pyridine rings is 1. The van der Waals surface area contributed by atoms with Gasteiger partial charge in [0.1, 0.15) is 17.3 Å². The highest BCUT2D eigenvalue weighted by Crippen LogP contribution is 2.21. The number of carbonyl (C=O) groups excluding carboxylic acids is 1. The predicted octanol–water partition coefficient (Wildman–Crippen LogP) is 5.01. The molecule has 0 unspecified atom stereocenters. The van der Waals surface area contributed by atoms with Crippen LogP contribution in [-0.4, -0.2) is 10.9 Å². The first-order valence-electron chi connectivity index (χ1n) is 7.26. The van der Waals surface area contributed by atoms with Gasteiger partial charge < -0.3 is 10.6 Å². The molecule has 0 aliphatic rings. The lowest BCUT2D eigenvalue weighted by Crippen LogP contribution is -2.13. The minimum absolute atomic E-state index is 0.0905. The lowest BCUT2D eigenvalue weighted by atomic mass is 10.2. The molecular weight excluding hydrogens is 348 g/mol. The zero-order valence-corrected chi connectivity index (χ0v) is 13.5. The smallest absolute Gasteiger partial charge is 0.274 e. The molecule has 0 saturated heterocycles. The monoisotopic (exact) mass is 359 g/mol. The van der Waals surface area contributed by atoms with Crippen molar-refractivity contribution in [2.75, 3.05) is 10.6 Å². The third kappa shape index (κ3) is 4.30. The first kappa shape index (κ1) is 16.9. The minimum atomic E-state index is -0.570. The molecule has 1 amide bonds. The normalized spacial score (nSPS) is 10.4. The van der Waals surface area contributed by atoms with Gasteiger partial charge in [-0.15, -0.1) is 0 Å². The molecule has 3 rings (SSSR count). The number of anilines is 3. The highest BCUT2D eigenvalue weighted by atomic mass is 35.5. The molecule has 1 heterocycles. The fraction of sp³-hybridized carbons (Fsp3) is 0. The average molecular weight is 360 g/mol. The molecule has 25 heavy (non-hydrogen) atoms. The van der Waals surface area contributed by atoms with Gasteiger partial charge in [0.2, 0.25) is 0 Å². The Labute approximate surface area is 147 Å². The van der Waals surface area contributed by atoms with E-state index in [4.69, 9.17) is 11.6 Å². The van der Waals surface area contributed by atoms with Gasteiger partial charge >= 0.3 is 0 Å². The van der Waals surface area contributed by atoms with E-state index < -0.39 is 11.7 Å². The topological polar surface area (TPSA) is 54.0 Å². The summed E-state index contributed by atoms with van der Waals surface area (Å²) in [5, 5.41) is 5.49. The van der Waals surface area contributed by atoms with Crippen molar-refractivity contribution in [3.05, 3.63) is 83.1 Å². The fourth-order valence-corrected chi connectivity index (χ4v) is 2.31. The molecule has 0 aliphatic heterocycles. The van der Waals surface area contributed by atoms with Gasteiger partial charge in [-0.3, -0.25) is 9.78 Å². The summed E-state index contributed by atoms with van der Waals surface area (Å²) in [5.74, 6) is -1.42. The Morgan fingerprint density at radius 3 is 2.52 bits per heavy atom. The van der Waals surface area contributed by atoms with E-state index in [2.05, 4.69) is 15.6 Å². The van der Waals surface area contributed by atoms with Crippen LogP contribution in [0.5, 0.6) is 0 Å². The summed E-state index contributed by atoms with van der Waals surface area (Å²) in [6.07, 6.45) is 1.45. The predicted molar refractivity (Wildman–Crippen MR) is 93.3 cm³/mol. The summed E-state index contributed by atoms with van der Waals surface area (Å²) in [6.45, 7) is 0. The SMILES string of the molecule is O=C(Nc1ccc(F)c(Cl)c1)c1cc(Nc2cccc(F)c2)ccn1. The maximum absolute atomic E-state index is 13.2. The molecule has 2 N–H and O–H groups in total. The van der Waals surface area contributed by atoms with Crippen LogP contribution in [0.3, 0.4) is 0 Å². The van der Waals surface area contributed by atoms with Crippen LogP contribution in [0, 0.1) is 11.6 Å². The number of nitrogens with one attached hydrogen (secondary N) is 2. The Bertz CT molecular complexity index is 934.